The summed E-state index contributed by atoms with van der Waals surface area (Å²) in [5, 5.41) is 3.69. The Hall–Kier alpha value is -1.56. The maximum atomic E-state index is 12.7. The van der Waals surface area contributed by atoms with Gasteiger partial charge in [0.05, 0.1) is 6.33 Å². The molecule has 2 fully saturated rings. The molecule has 1 saturated carbocycles. The van der Waals surface area contributed by atoms with Crippen molar-refractivity contribution in [1.29, 1.82) is 0 Å². The summed E-state index contributed by atoms with van der Waals surface area (Å²) >= 11 is 0. The third-order valence-corrected chi connectivity index (χ3v) is 5.35. The first kappa shape index (κ1) is 18.2. The molecule has 1 aliphatic carbocycles. The monoisotopic (exact) mass is 348 g/mol. The number of aromatic amines is 1. The number of hydrogen-bond donors (Lipinski definition) is 2. The van der Waals surface area contributed by atoms with Gasteiger partial charge in [-0.1, -0.05) is 6.42 Å². The zero-order valence-corrected chi connectivity index (χ0v) is 15.8. The highest BCUT2D eigenvalue weighted by molar-refractivity contribution is 5.68. The summed E-state index contributed by atoms with van der Waals surface area (Å²) in [5.74, 6) is 0.510. The van der Waals surface area contributed by atoms with E-state index in [-0.39, 0.29) is 6.09 Å². The summed E-state index contributed by atoms with van der Waals surface area (Å²) in [4.78, 5) is 21.9. The minimum atomic E-state index is -0.437. The van der Waals surface area contributed by atoms with Crippen LogP contribution in [0.2, 0.25) is 0 Å². The smallest absolute Gasteiger partial charge is 0.410 e. The third kappa shape index (κ3) is 4.75. The number of carbonyl (C=O) groups is 1. The zero-order valence-electron chi connectivity index (χ0n) is 15.8. The number of imidazole rings is 1. The molecule has 0 aromatic carbocycles. The molecule has 0 radical (unpaired) electrons. The number of aromatic nitrogens is 2. The van der Waals surface area contributed by atoms with Crippen molar-refractivity contribution in [2.75, 3.05) is 6.54 Å². The highest BCUT2D eigenvalue weighted by Gasteiger charge is 2.40. The first-order valence-corrected chi connectivity index (χ1v) is 9.64. The fourth-order valence-electron chi connectivity index (χ4n) is 4.27. The van der Waals surface area contributed by atoms with Gasteiger partial charge in [-0.25, -0.2) is 9.78 Å². The van der Waals surface area contributed by atoms with Crippen LogP contribution in [0.15, 0.2) is 12.5 Å². The molecule has 0 bridgehead atoms. The van der Waals surface area contributed by atoms with Crippen LogP contribution < -0.4 is 5.32 Å². The Balaban J connectivity index is 1.64. The SMILES string of the molecule is CC(C)(C)OC(=O)N1CCCCC1C1CCCC1NCc1cnc[nH]1. The van der Waals surface area contributed by atoms with Crippen molar-refractivity contribution in [3.8, 4) is 0 Å². The van der Waals surface area contributed by atoms with E-state index in [1.54, 1.807) is 6.33 Å². The lowest BCUT2D eigenvalue weighted by Gasteiger charge is -2.41. The second-order valence-electron chi connectivity index (χ2n) is 8.40. The molecular formula is C19H32N4O2. The van der Waals surface area contributed by atoms with E-state index in [1.807, 2.05) is 31.9 Å². The van der Waals surface area contributed by atoms with E-state index in [1.165, 1.54) is 25.7 Å². The van der Waals surface area contributed by atoms with E-state index >= 15 is 0 Å². The molecule has 1 aliphatic heterocycles. The Morgan fingerprint density at radius 2 is 2.16 bits per heavy atom. The second kappa shape index (κ2) is 7.77. The van der Waals surface area contributed by atoms with Crippen LogP contribution in [-0.4, -0.2) is 45.2 Å². The minimum absolute atomic E-state index is 0.142. The van der Waals surface area contributed by atoms with Crippen molar-refractivity contribution in [3.05, 3.63) is 18.2 Å². The summed E-state index contributed by atoms with van der Waals surface area (Å²) in [6.07, 6.45) is 10.4. The molecule has 1 amide bonds. The van der Waals surface area contributed by atoms with Crippen LogP contribution in [0.4, 0.5) is 4.79 Å². The number of nitrogens with one attached hydrogen (secondary N) is 2. The van der Waals surface area contributed by atoms with Gasteiger partial charge in [0.15, 0.2) is 0 Å². The number of hydrogen-bond acceptors (Lipinski definition) is 4. The van der Waals surface area contributed by atoms with E-state index in [9.17, 15) is 4.79 Å². The number of H-pyrrole nitrogens is 1. The molecule has 1 aromatic rings. The van der Waals surface area contributed by atoms with Crippen LogP contribution in [-0.2, 0) is 11.3 Å². The van der Waals surface area contributed by atoms with Gasteiger partial charge in [-0.05, 0) is 58.8 Å². The van der Waals surface area contributed by atoms with Gasteiger partial charge in [0, 0.05) is 37.1 Å². The van der Waals surface area contributed by atoms with E-state index in [0.29, 0.717) is 18.0 Å². The third-order valence-electron chi connectivity index (χ3n) is 5.35. The van der Waals surface area contributed by atoms with E-state index in [2.05, 4.69) is 15.3 Å². The first-order valence-electron chi connectivity index (χ1n) is 9.64. The second-order valence-corrected chi connectivity index (χ2v) is 8.40. The number of carbonyl (C=O) groups excluding carboxylic acids is 1. The molecule has 1 saturated heterocycles. The molecule has 1 aromatic heterocycles. The fraction of sp³-hybridized carbons (Fsp3) is 0.789. The lowest BCUT2D eigenvalue weighted by Crippen LogP contribution is -2.52. The number of ether oxygens (including phenoxy) is 1. The molecule has 2 aliphatic rings. The number of amides is 1. The number of rotatable bonds is 4. The molecule has 3 atom stereocenters. The summed E-state index contributed by atoms with van der Waals surface area (Å²) in [6.45, 7) is 7.44. The normalized spacial score (nSPS) is 27.5. The van der Waals surface area contributed by atoms with Crippen molar-refractivity contribution < 1.29 is 9.53 Å². The Morgan fingerprint density at radius 3 is 2.88 bits per heavy atom. The first-order chi connectivity index (χ1) is 11.9. The average molecular weight is 348 g/mol. The van der Waals surface area contributed by atoms with Crippen molar-refractivity contribution in [2.24, 2.45) is 5.92 Å². The van der Waals surface area contributed by atoms with Crippen molar-refractivity contribution in [1.82, 2.24) is 20.2 Å². The predicted octanol–water partition coefficient (Wildman–Crippen LogP) is 3.46. The molecule has 3 rings (SSSR count). The molecule has 25 heavy (non-hydrogen) atoms. The maximum Gasteiger partial charge on any atom is 0.410 e. The molecule has 6 heteroatoms. The molecule has 6 nitrogen and oxygen atoms in total. The van der Waals surface area contributed by atoms with Gasteiger partial charge in [-0.3, -0.25) is 0 Å². The Morgan fingerprint density at radius 1 is 1.32 bits per heavy atom. The summed E-state index contributed by atoms with van der Waals surface area (Å²) in [6, 6.07) is 0.752. The molecule has 3 unspecified atom stereocenters. The van der Waals surface area contributed by atoms with Gasteiger partial charge in [0.25, 0.3) is 0 Å². The van der Waals surface area contributed by atoms with Crippen molar-refractivity contribution in [2.45, 2.75) is 83.5 Å². The maximum absolute atomic E-state index is 12.7. The van der Waals surface area contributed by atoms with Crippen LogP contribution in [0.25, 0.3) is 0 Å². The standard InChI is InChI=1S/C19H32N4O2/c1-19(2,3)25-18(24)23-10-5-4-9-17(23)15-7-6-8-16(15)21-12-14-11-20-13-22-14/h11,13,15-17,21H,4-10,12H2,1-3H3,(H,20,22). The predicted molar refractivity (Wildman–Crippen MR) is 97.1 cm³/mol. The highest BCUT2D eigenvalue weighted by atomic mass is 16.6. The van der Waals surface area contributed by atoms with Gasteiger partial charge < -0.3 is 19.9 Å². The van der Waals surface area contributed by atoms with Gasteiger partial charge in [0.1, 0.15) is 5.60 Å². The Bertz CT molecular complexity index is 552. The lowest BCUT2D eigenvalue weighted by molar-refractivity contribution is -0.000147. The van der Waals surface area contributed by atoms with Crippen LogP contribution in [0.3, 0.4) is 0 Å². The average Bonchev–Trinajstić information content (AvgIpc) is 3.22. The molecule has 2 heterocycles. The van der Waals surface area contributed by atoms with Gasteiger partial charge in [0.2, 0.25) is 0 Å². The van der Waals surface area contributed by atoms with Gasteiger partial charge in [-0.2, -0.15) is 0 Å². The molecule has 140 valence electrons. The summed E-state index contributed by atoms with van der Waals surface area (Å²) in [7, 11) is 0. The molecule has 2 N–H and O–H groups in total. The van der Waals surface area contributed by atoms with Crippen LogP contribution in [0.1, 0.15) is 65.0 Å². The highest BCUT2D eigenvalue weighted by Crippen LogP contribution is 2.36. The summed E-state index contributed by atoms with van der Waals surface area (Å²) in [5.41, 5.74) is 0.672. The lowest BCUT2D eigenvalue weighted by atomic mass is 9.87. The number of likely N-dealkylation sites (tertiary alicyclic amines) is 1. The Kier molecular flexibility index (Phi) is 5.67. The van der Waals surface area contributed by atoms with Crippen LogP contribution in [0.5, 0.6) is 0 Å². The number of nitrogens with zero attached hydrogens (tertiary/aromatic N) is 2. The van der Waals surface area contributed by atoms with E-state index < -0.39 is 5.60 Å². The largest absolute Gasteiger partial charge is 0.444 e. The topological polar surface area (TPSA) is 70.2 Å². The van der Waals surface area contributed by atoms with Crippen molar-refractivity contribution >= 4 is 6.09 Å². The van der Waals surface area contributed by atoms with Gasteiger partial charge in [-0.15, -0.1) is 0 Å². The van der Waals surface area contributed by atoms with E-state index in [4.69, 9.17) is 4.74 Å². The summed E-state index contributed by atoms with van der Waals surface area (Å²) < 4.78 is 5.67. The molecular weight excluding hydrogens is 316 g/mol. The van der Waals surface area contributed by atoms with E-state index in [0.717, 1.165) is 31.6 Å². The Labute approximate surface area is 150 Å². The fourth-order valence-corrected chi connectivity index (χ4v) is 4.27. The number of piperidine rings is 1. The van der Waals surface area contributed by atoms with Crippen LogP contribution in [0, 0.1) is 5.92 Å². The van der Waals surface area contributed by atoms with Gasteiger partial charge >= 0.3 is 6.09 Å². The minimum Gasteiger partial charge on any atom is -0.444 e. The van der Waals surface area contributed by atoms with Crippen molar-refractivity contribution in [3.63, 3.8) is 0 Å². The zero-order chi connectivity index (χ0) is 17.9. The quantitative estimate of drug-likeness (QED) is 0.874. The van der Waals surface area contributed by atoms with Crippen LogP contribution >= 0.6 is 0 Å². The molecule has 0 spiro atoms.